The summed E-state index contributed by atoms with van der Waals surface area (Å²) in [5.41, 5.74) is 1.20. The zero-order valence-electron chi connectivity index (χ0n) is 11.3. The molecule has 0 unspecified atom stereocenters. The lowest BCUT2D eigenvalue weighted by Gasteiger charge is -2.04. The summed E-state index contributed by atoms with van der Waals surface area (Å²) < 4.78 is 26.3. The Morgan fingerprint density at radius 1 is 1.25 bits per heavy atom. The molecule has 0 amide bonds. The van der Waals surface area contributed by atoms with Crippen molar-refractivity contribution in [2.24, 2.45) is 7.05 Å². The zero-order valence-corrected chi connectivity index (χ0v) is 12.9. The van der Waals surface area contributed by atoms with E-state index < -0.39 is 10.0 Å². The second-order valence-corrected chi connectivity index (χ2v) is 7.10. The quantitative estimate of drug-likeness (QED) is 0.810. The van der Waals surface area contributed by atoms with E-state index in [1.807, 2.05) is 25.2 Å². The Labute approximate surface area is 122 Å². The number of sulfonamides is 1. The van der Waals surface area contributed by atoms with Gasteiger partial charge in [0.2, 0.25) is 10.0 Å². The lowest BCUT2D eigenvalue weighted by molar-refractivity contribution is 0.582. The largest absolute Gasteiger partial charge is 0.308 e. The summed E-state index contributed by atoms with van der Waals surface area (Å²) in [6.45, 7) is 0.147. The van der Waals surface area contributed by atoms with Gasteiger partial charge < -0.3 is 4.57 Å². The molecule has 0 spiro atoms. The van der Waals surface area contributed by atoms with Crippen LogP contribution in [0.15, 0.2) is 35.5 Å². The molecule has 1 aromatic heterocycles. The second kappa shape index (κ2) is 6.38. The monoisotopic (exact) mass is 312 g/mol. The summed E-state index contributed by atoms with van der Waals surface area (Å²) in [5, 5.41) is 8.83. The third-order valence-electron chi connectivity index (χ3n) is 2.63. The molecule has 6 nitrogen and oxygen atoms in total. The SMILES string of the molecule is Cn1c(CNS(C)(=O)=O)nnc1SCc1ccccc1. The van der Waals surface area contributed by atoms with Crippen molar-refractivity contribution >= 4 is 21.8 Å². The first kappa shape index (κ1) is 15.0. The van der Waals surface area contributed by atoms with Crippen molar-refractivity contribution < 1.29 is 8.42 Å². The number of nitrogens with one attached hydrogen (secondary N) is 1. The van der Waals surface area contributed by atoms with Gasteiger partial charge >= 0.3 is 0 Å². The Morgan fingerprint density at radius 2 is 1.95 bits per heavy atom. The molecule has 0 fully saturated rings. The number of thioether (sulfide) groups is 1. The lowest BCUT2D eigenvalue weighted by atomic mass is 10.2. The summed E-state index contributed by atoms with van der Waals surface area (Å²) in [6, 6.07) is 10.1. The number of nitrogens with zero attached hydrogens (tertiary/aromatic N) is 3. The van der Waals surface area contributed by atoms with Gasteiger partial charge in [-0.15, -0.1) is 10.2 Å². The van der Waals surface area contributed by atoms with Crippen molar-refractivity contribution in [3.8, 4) is 0 Å². The molecule has 0 saturated heterocycles. The van der Waals surface area contributed by atoms with Crippen LogP contribution in [-0.2, 0) is 29.4 Å². The summed E-state index contributed by atoms with van der Waals surface area (Å²) in [7, 11) is -1.40. The van der Waals surface area contributed by atoms with E-state index in [2.05, 4.69) is 27.1 Å². The molecule has 1 N–H and O–H groups in total. The van der Waals surface area contributed by atoms with E-state index in [0.717, 1.165) is 17.2 Å². The van der Waals surface area contributed by atoms with E-state index in [0.29, 0.717) is 5.82 Å². The van der Waals surface area contributed by atoms with E-state index in [9.17, 15) is 8.42 Å². The molecular formula is C12H16N4O2S2. The first-order valence-corrected chi connectivity index (χ1v) is 8.83. The van der Waals surface area contributed by atoms with Crippen LogP contribution in [0.25, 0.3) is 0 Å². The van der Waals surface area contributed by atoms with Gasteiger partial charge in [0.15, 0.2) is 5.16 Å². The van der Waals surface area contributed by atoms with Crippen LogP contribution < -0.4 is 4.72 Å². The molecule has 108 valence electrons. The molecule has 0 radical (unpaired) electrons. The summed E-state index contributed by atoms with van der Waals surface area (Å²) in [6.07, 6.45) is 1.12. The van der Waals surface area contributed by atoms with Crippen LogP contribution in [0.5, 0.6) is 0 Å². The highest BCUT2D eigenvalue weighted by Crippen LogP contribution is 2.20. The average molecular weight is 312 g/mol. The Kier molecular flexibility index (Phi) is 4.79. The molecule has 1 aromatic carbocycles. The predicted octanol–water partition coefficient (Wildman–Crippen LogP) is 1.16. The van der Waals surface area contributed by atoms with Crippen molar-refractivity contribution in [3.63, 3.8) is 0 Å². The van der Waals surface area contributed by atoms with Gasteiger partial charge in [0.05, 0.1) is 12.8 Å². The van der Waals surface area contributed by atoms with E-state index in [-0.39, 0.29) is 6.54 Å². The maximum Gasteiger partial charge on any atom is 0.209 e. The third kappa shape index (κ3) is 4.32. The molecule has 0 aliphatic carbocycles. The molecule has 1 heterocycles. The van der Waals surface area contributed by atoms with Crippen molar-refractivity contribution in [1.82, 2.24) is 19.5 Å². The summed E-state index contributed by atoms with van der Waals surface area (Å²) in [4.78, 5) is 0. The molecular weight excluding hydrogens is 296 g/mol. The van der Waals surface area contributed by atoms with Crippen molar-refractivity contribution in [2.45, 2.75) is 17.5 Å². The topological polar surface area (TPSA) is 76.9 Å². The van der Waals surface area contributed by atoms with Gasteiger partial charge in [-0.3, -0.25) is 0 Å². The van der Waals surface area contributed by atoms with Crippen LogP contribution in [0.4, 0.5) is 0 Å². The minimum absolute atomic E-state index is 0.147. The Morgan fingerprint density at radius 3 is 2.60 bits per heavy atom. The molecule has 0 bridgehead atoms. The summed E-state index contributed by atoms with van der Waals surface area (Å²) >= 11 is 1.57. The van der Waals surface area contributed by atoms with Crippen LogP contribution >= 0.6 is 11.8 Å². The van der Waals surface area contributed by atoms with Crippen LogP contribution in [0.1, 0.15) is 11.4 Å². The molecule has 0 atom stereocenters. The van der Waals surface area contributed by atoms with Gasteiger partial charge in [-0.25, -0.2) is 13.1 Å². The zero-order chi connectivity index (χ0) is 14.6. The number of hydrogen-bond donors (Lipinski definition) is 1. The fourth-order valence-electron chi connectivity index (χ4n) is 1.54. The Balaban J connectivity index is 1.98. The molecule has 0 aliphatic heterocycles. The minimum Gasteiger partial charge on any atom is -0.308 e. The highest BCUT2D eigenvalue weighted by Gasteiger charge is 2.11. The van der Waals surface area contributed by atoms with E-state index >= 15 is 0 Å². The number of hydrogen-bond acceptors (Lipinski definition) is 5. The van der Waals surface area contributed by atoms with Gasteiger partial charge in [-0.05, 0) is 5.56 Å². The standard InChI is InChI=1S/C12H16N4O2S2/c1-16-11(8-13-20(2,17)18)14-15-12(16)19-9-10-6-4-3-5-7-10/h3-7,13H,8-9H2,1-2H3. The van der Waals surface area contributed by atoms with Crippen LogP contribution in [0.3, 0.4) is 0 Å². The Hall–Kier alpha value is -1.38. The maximum atomic E-state index is 11.1. The first-order valence-electron chi connectivity index (χ1n) is 5.95. The number of rotatable bonds is 6. The van der Waals surface area contributed by atoms with Crippen LogP contribution in [0, 0.1) is 0 Å². The van der Waals surface area contributed by atoms with Crippen molar-refractivity contribution in [2.75, 3.05) is 6.26 Å². The summed E-state index contributed by atoms with van der Waals surface area (Å²) in [5.74, 6) is 1.39. The van der Waals surface area contributed by atoms with Crippen molar-refractivity contribution in [1.29, 1.82) is 0 Å². The lowest BCUT2D eigenvalue weighted by Crippen LogP contribution is -2.23. The molecule has 20 heavy (non-hydrogen) atoms. The molecule has 2 rings (SSSR count). The minimum atomic E-state index is -3.22. The van der Waals surface area contributed by atoms with E-state index in [1.54, 1.807) is 16.3 Å². The van der Waals surface area contributed by atoms with E-state index in [1.165, 1.54) is 5.56 Å². The predicted molar refractivity (Wildman–Crippen MR) is 78.7 cm³/mol. The van der Waals surface area contributed by atoms with Gasteiger partial charge in [0.25, 0.3) is 0 Å². The molecule has 0 saturated carbocycles. The first-order chi connectivity index (χ1) is 9.46. The van der Waals surface area contributed by atoms with Gasteiger partial charge in [-0.2, -0.15) is 0 Å². The fourth-order valence-corrected chi connectivity index (χ4v) is 2.82. The number of aromatic nitrogens is 3. The third-order valence-corrected chi connectivity index (χ3v) is 4.39. The van der Waals surface area contributed by atoms with Crippen molar-refractivity contribution in [3.05, 3.63) is 41.7 Å². The second-order valence-electron chi connectivity index (χ2n) is 4.33. The van der Waals surface area contributed by atoms with E-state index in [4.69, 9.17) is 0 Å². The molecule has 8 heteroatoms. The normalized spacial score (nSPS) is 11.7. The molecule has 2 aromatic rings. The maximum absolute atomic E-state index is 11.1. The van der Waals surface area contributed by atoms with Gasteiger partial charge in [0.1, 0.15) is 5.82 Å². The van der Waals surface area contributed by atoms with Crippen LogP contribution in [-0.4, -0.2) is 29.4 Å². The van der Waals surface area contributed by atoms with Gasteiger partial charge in [-0.1, -0.05) is 42.1 Å². The number of benzene rings is 1. The smallest absolute Gasteiger partial charge is 0.209 e. The Bertz CT molecular complexity index is 668. The molecule has 0 aliphatic rings. The average Bonchev–Trinajstić information content (AvgIpc) is 2.75. The fraction of sp³-hybridized carbons (Fsp3) is 0.333. The van der Waals surface area contributed by atoms with Crippen LogP contribution in [0.2, 0.25) is 0 Å². The highest BCUT2D eigenvalue weighted by atomic mass is 32.2. The highest BCUT2D eigenvalue weighted by molar-refractivity contribution is 7.98. The van der Waals surface area contributed by atoms with Gasteiger partial charge in [0, 0.05) is 12.8 Å².